The molecule has 0 spiro atoms. The van der Waals surface area contributed by atoms with Gasteiger partial charge in [-0.05, 0) is 19.3 Å². The summed E-state index contributed by atoms with van der Waals surface area (Å²) >= 11 is 0. The molecule has 0 heterocycles. The highest BCUT2D eigenvalue weighted by Crippen LogP contribution is 2.28. The summed E-state index contributed by atoms with van der Waals surface area (Å²) in [5, 5.41) is 2.72. The maximum absolute atomic E-state index is 10.8. The second-order valence-corrected chi connectivity index (χ2v) is 3.23. The summed E-state index contributed by atoms with van der Waals surface area (Å²) in [7, 11) is 0. The van der Waals surface area contributed by atoms with Gasteiger partial charge >= 0.3 is 6.09 Å². The lowest BCUT2D eigenvalue weighted by Crippen LogP contribution is -2.27. The minimum atomic E-state index is -0.281. The van der Waals surface area contributed by atoms with Gasteiger partial charge in [0, 0.05) is 6.54 Å². The number of rotatable bonds is 4. The fraction of sp³-hybridized carbons (Fsp3) is 0.889. The Morgan fingerprint density at radius 1 is 1.58 bits per heavy atom. The van der Waals surface area contributed by atoms with Crippen LogP contribution in [0.15, 0.2) is 0 Å². The first-order valence-electron chi connectivity index (χ1n) is 4.73. The summed E-state index contributed by atoms with van der Waals surface area (Å²) < 4.78 is 4.73. The molecular formula is C9H17NO2. The average Bonchev–Trinajstić information content (AvgIpc) is 1.95. The third kappa shape index (κ3) is 3.11. The number of ether oxygens (including phenoxy) is 1. The van der Waals surface area contributed by atoms with E-state index in [1.165, 1.54) is 19.3 Å². The van der Waals surface area contributed by atoms with E-state index in [-0.39, 0.29) is 6.09 Å². The van der Waals surface area contributed by atoms with Gasteiger partial charge in [-0.2, -0.15) is 0 Å². The number of amides is 1. The molecule has 0 radical (unpaired) electrons. The molecule has 70 valence electrons. The van der Waals surface area contributed by atoms with Gasteiger partial charge in [0.1, 0.15) is 0 Å². The predicted molar refractivity (Wildman–Crippen MR) is 47.0 cm³/mol. The van der Waals surface area contributed by atoms with Crippen LogP contribution in [0.4, 0.5) is 4.79 Å². The van der Waals surface area contributed by atoms with Crippen LogP contribution in [0.5, 0.6) is 0 Å². The lowest BCUT2D eigenvalue weighted by molar-refractivity contribution is 0.150. The fourth-order valence-corrected chi connectivity index (χ4v) is 1.34. The molecule has 1 fully saturated rings. The lowest BCUT2D eigenvalue weighted by Gasteiger charge is -2.24. The van der Waals surface area contributed by atoms with Crippen molar-refractivity contribution in [2.45, 2.75) is 32.6 Å². The van der Waals surface area contributed by atoms with E-state index in [0.29, 0.717) is 6.61 Å². The van der Waals surface area contributed by atoms with Crippen molar-refractivity contribution in [3.63, 3.8) is 0 Å². The van der Waals surface area contributed by atoms with Gasteiger partial charge in [-0.15, -0.1) is 0 Å². The van der Waals surface area contributed by atoms with Crippen molar-refractivity contribution in [3.8, 4) is 0 Å². The van der Waals surface area contributed by atoms with Crippen molar-refractivity contribution in [3.05, 3.63) is 0 Å². The SMILES string of the molecule is CCOC(=O)NCCC1CCC1. The van der Waals surface area contributed by atoms with Gasteiger partial charge in [-0.1, -0.05) is 19.3 Å². The van der Waals surface area contributed by atoms with E-state index in [4.69, 9.17) is 4.74 Å². The summed E-state index contributed by atoms with van der Waals surface area (Å²) in [5.74, 6) is 0.854. The Bertz CT molecular complexity index is 143. The maximum atomic E-state index is 10.8. The summed E-state index contributed by atoms with van der Waals surface area (Å²) in [4.78, 5) is 10.8. The van der Waals surface area contributed by atoms with Gasteiger partial charge in [0.15, 0.2) is 0 Å². The molecule has 0 unspecified atom stereocenters. The molecule has 1 N–H and O–H groups in total. The largest absolute Gasteiger partial charge is 0.450 e. The van der Waals surface area contributed by atoms with E-state index in [2.05, 4.69) is 5.32 Å². The molecule has 0 aromatic heterocycles. The molecule has 12 heavy (non-hydrogen) atoms. The number of carbonyl (C=O) groups is 1. The van der Waals surface area contributed by atoms with Gasteiger partial charge < -0.3 is 10.1 Å². The van der Waals surface area contributed by atoms with Gasteiger partial charge in [-0.25, -0.2) is 4.79 Å². The van der Waals surface area contributed by atoms with Crippen LogP contribution >= 0.6 is 0 Å². The third-order valence-electron chi connectivity index (χ3n) is 2.32. The number of carbonyl (C=O) groups excluding carboxylic acids is 1. The Morgan fingerprint density at radius 2 is 2.33 bits per heavy atom. The van der Waals surface area contributed by atoms with Crippen LogP contribution in [-0.4, -0.2) is 19.2 Å². The van der Waals surface area contributed by atoms with Crippen molar-refractivity contribution in [1.82, 2.24) is 5.32 Å². The van der Waals surface area contributed by atoms with E-state index in [9.17, 15) is 4.79 Å². The van der Waals surface area contributed by atoms with Gasteiger partial charge in [0.05, 0.1) is 6.61 Å². The summed E-state index contributed by atoms with van der Waals surface area (Å²) in [6.45, 7) is 3.03. The van der Waals surface area contributed by atoms with Crippen molar-refractivity contribution >= 4 is 6.09 Å². The van der Waals surface area contributed by atoms with Crippen LogP contribution in [-0.2, 0) is 4.74 Å². The molecule has 1 aliphatic carbocycles. The van der Waals surface area contributed by atoms with Crippen LogP contribution in [0.2, 0.25) is 0 Å². The zero-order valence-electron chi connectivity index (χ0n) is 7.64. The second-order valence-electron chi connectivity index (χ2n) is 3.23. The monoisotopic (exact) mass is 171 g/mol. The minimum absolute atomic E-state index is 0.281. The van der Waals surface area contributed by atoms with Gasteiger partial charge in [-0.3, -0.25) is 0 Å². The molecule has 1 amide bonds. The molecule has 0 aromatic carbocycles. The van der Waals surface area contributed by atoms with Crippen LogP contribution in [0.25, 0.3) is 0 Å². The van der Waals surface area contributed by atoms with Crippen molar-refractivity contribution in [2.75, 3.05) is 13.2 Å². The number of hydrogen-bond donors (Lipinski definition) is 1. The number of hydrogen-bond acceptors (Lipinski definition) is 2. The van der Waals surface area contributed by atoms with Crippen molar-refractivity contribution in [1.29, 1.82) is 0 Å². The zero-order chi connectivity index (χ0) is 8.81. The molecule has 0 aliphatic heterocycles. The molecule has 0 bridgehead atoms. The van der Waals surface area contributed by atoms with Crippen LogP contribution in [0.1, 0.15) is 32.6 Å². The molecule has 3 heteroatoms. The van der Waals surface area contributed by atoms with Gasteiger partial charge in [0.2, 0.25) is 0 Å². The van der Waals surface area contributed by atoms with E-state index < -0.39 is 0 Å². The minimum Gasteiger partial charge on any atom is -0.450 e. The molecule has 1 aliphatic rings. The van der Waals surface area contributed by atoms with Crippen molar-refractivity contribution < 1.29 is 9.53 Å². The van der Waals surface area contributed by atoms with Crippen LogP contribution < -0.4 is 5.32 Å². The topological polar surface area (TPSA) is 38.3 Å². The summed E-state index contributed by atoms with van der Waals surface area (Å²) in [6.07, 6.45) is 4.87. The highest BCUT2D eigenvalue weighted by Gasteiger charge is 2.16. The molecule has 1 saturated carbocycles. The first kappa shape index (κ1) is 9.36. The maximum Gasteiger partial charge on any atom is 0.407 e. The molecule has 3 nitrogen and oxygen atoms in total. The first-order chi connectivity index (χ1) is 5.83. The van der Waals surface area contributed by atoms with Crippen LogP contribution in [0, 0.1) is 5.92 Å². The fourth-order valence-electron chi connectivity index (χ4n) is 1.34. The standard InChI is InChI=1S/C9H17NO2/c1-2-12-9(11)10-7-6-8-4-3-5-8/h8H,2-7H2,1H3,(H,10,11). The Balaban J connectivity index is 1.90. The number of alkyl carbamates (subject to hydrolysis) is 1. The predicted octanol–water partition coefficient (Wildman–Crippen LogP) is 1.92. The molecular weight excluding hydrogens is 154 g/mol. The zero-order valence-corrected chi connectivity index (χ0v) is 7.64. The van der Waals surface area contributed by atoms with Gasteiger partial charge in [0.25, 0.3) is 0 Å². The Labute approximate surface area is 73.5 Å². The summed E-state index contributed by atoms with van der Waals surface area (Å²) in [6, 6.07) is 0. The Kier molecular flexibility index (Phi) is 3.91. The quantitative estimate of drug-likeness (QED) is 0.701. The van der Waals surface area contributed by atoms with E-state index in [1.807, 2.05) is 6.92 Å². The lowest BCUT2D eigenvalue weighted by atomic mass is 9.83. The highest BCUT2D eigenvalue weighted by atomic mass is 16.5. The second kappa shape index (κ2) is 5.01. The first-order valence-corrected chi connectivity index (χ1v) is 4.73. The molecule has 0 aromatic rings. The highest BCUT2D eigenvalue weighted by molar-refractivity contribution is 5.66. The summed E-state index contributed by atoms with van der Waals surface area (Å²) in [5.41, 5.74) is 0. The van der Waals surface area contributed by atoms with E-state index in [0.717, 1.165) is 18.9 Å². The smallest absolute Gasteiger partial charge is 0.407 e. The average molecular weight is 171 g/mol. The molecule has 1 rings (SSSR count). The molecule has 0 atom stereocenters. The normalized spacial score (nSPS) is 16.8. The molecule has 0 saturated heterocycles. The Hall–Kier alpha value is -0.730. The number of nitrogens with one attached hydrogen (secondary N) is 1. The van der Waals surface area contributed by atoms with Crippen molar-refractivity contribution in [2.24, 2.45) is 5.92 Å². The Morgan fingerprint density at radius 3 is 2.83 bits per heavy atom. The van der Waals surface area contributed by atoms with Crippen LogP contribution in [0.3, 0.4) is 0 Å². The van der Waals surface area contributed by atoms with E-state index in [1.54, 1.807) is 0 Å². The van der Waals surface area contributed by atoms with E-state index >= 15 is 0 Å². The third-order valence-corrected chi connectivity index (χ3v) is 2.32.